The Bertz CT molecular complexity index is 969. The number of piperidine rings is 1. The fourth-order valence-electron chi connectivity index (χ4n) is 3.59. The highest BCUT2D eigenvalue weighted by molar-refractivity contribution is 5.87. The molecule has 8 nitrogen and oxygen atoms in total. The first kappa shape index (κ1) is 22.6. The Morgan fingerprint density at radius 3 is 2.97 bits per heavy atom. The smallest absolute Gasteiger partial charge is 0.271 e. The summed E-state index contributed by atoms with van der Waals surface area (Å²) >= 11 is 0. The Hall–Kier alpha value is -3.13. The summed E-state index contributed by atoms with van der Waals surface area (Å²) in [5, 5.41) is 9.63. The van der Waals surface area contributed by atoms with E-state index in [1.54, 1.807) is 18.5 Å². The number of carbonyl (C=O) groups is 1. The quantitative estimate of drug-likeness (QED) is 0.486. The number of aromatic amines is 1. The molecule has 2 aromatic rings. The second kappa shape index (κ2) is 10.8. The van der Waals surface area contributed by atoms with Crippen molar-refractivity contribution in [1.29, 1.82) is 0 Å². The van der Waals surface area contributed by atoms with Crippen LogP contribution >= 0.6 is 0 Å². The van der Waals surface area contributed by atoms with E-state index in [1.807, 2.05) is 36.2 Å². The Labute approximate surface area is 183 Å². The summed E-state index contributed by atoms with van der Waals surface area (Å²) in [7, 11) is 1.82. The van der Waals surface area contributed by atoms with Crippen molar-refractivity contribution in [2.45, 2.75) is 38.8 Å². The zero-order chi connectivity index (χ0) is 22.2. The predicted molar refractivity (Wildman–Crippen MR) is 125 cm³/mol. The number of hydrogen-bond donors (Lipinski definition) is 4. The number of nitrogens with one attached hydrogen (secondary N) is 4. The van der Waals surface area contributed by atoms with E-state index in [2.05, 4.69) is 39.8 Å². The van der Waals surface area contributed by atoms with Crippen LogP contribution in [-0.4, -0.2) is 59.5 Å². The third-order valence-corrected chi connectivity index (χ3v) is 5.25. The number of H-pyrrole nitrogens is 1. The van der Waals surface area contributed by atoms with Gasteiger partial charge >= 0.3 is 0 Å². The Balaban J connectivity index is 1.66. The minimum absolute atomic E-state index is 0.0103. The third kappa shape index (κ3) is 6.42. The molecule has 0 unspecified atom stereocenters. The molecule has 1 aliphatic heterocycles. The summed E-state index contributed by atoms with van der Waals surface area (Å²) in [5.41, 5.74) is 2.19. The highest BCUT2D eigenvalue weighted by Crippen LogP contribution is 2.22. The molecule has 8 heteroatoms. The van der Waals surface area contributed by atoms with E-state index in [-0.39, 0.29) is 17.5 Å². The van der Waals surface area contributed by atoms with Crippen LogP contribution in [-0.2, 0) is 4.79 Å². The van der Waals surface area contributed by atoms with Gasteiger partial charge in [-0.25, -0.2) is 4.98 Å². The van der Waals surface area contributed by atoms with Gasteiger partial charge in [0.25, 0.3) is 5.56 Å². The molecule has 0 aromatic carbocycles. The molecule has 3 rings (SSSR count). The molecule has 3 heterocycles. The number of nitrogens with zero attached hydrogens (tertiary/aromatic N) is 2. The Kier molecular flexibility index (Phi) is 7.83. The van der Waals surface area contributed by atoms with Crippen molar-refractivity contribution in [1.82, 2.24) is 20.2 Å². The molecule has 1 amide bonds. The second-order valence-corrected chi connectivity index (χ2v) is 8.04. The van der Waals surface area contributed by atoms with Gasteiger partial charge in [-0.1, -0.05) is 19.9 Å². The molecule has 2 aromatic heterocycles. The lowest BCUT2D eigenvalue weighted by Crippen LogP contribution is -2.45. The van der Waals surface area contributed by atoms with Crippen LogP contribution in [0.2, 0.25) is 0 Å². The average Bonchev–Trinajstić information content (AvgIpc) is 2.78. The van der Waals surface area contributed by atoms with E-state index in [0.29, 0.717) is 24.8 Å². The SMILES string of the molecule is CNc1cc(-c2c[nH]c(=O)c(N[C@H]3CCCN(C(=O)C=CCNC(C)C)C3)c2)ccn1. The van der Waals surface area contributed by atoms with Crippen molar-refractivity contribution < 1.29 is 4.79 Å². The Morgan fingerprint density at radius 1 is 1.35 bits per heavy atom. The first-order valence-electron chi connectivity index (χ1n) is 10.8. The number of likely N-dealkylation sites (tertiary alicyclic amines) is 1. The van der Waals surface area contributed by atoms with E-state index in [0.717, 1.165) is 36.3 Å². The number of carbonyl (C=O) groups excluding carboxylic acids is 1. The zero-order valence-corrected chi connectivity index (χ0v) is 18.4. The predicted octanol–water partition coefficient (Wildman–Crippen LogP) is 2.44. The van der Waals surface area contributed by atoms with Crippen molar-refractivity contribution >= 4 is 17.4 Å². The van der Waals surface area contributed by atoms with Gasteiger partial charge in [0.15, 0.2) is 0 Å². The minimum Gasteiger partial charge on any atom is -0.376 e. The van der Waals surface area contributed by atoms with Gasteiger partial charge in [0.05, 0.1) is 0 Å². The maximum absolute atomic E-state index is 12.5. The maximum atomic E-state index is 12.5. The number of aromatic nitrogens is 2. The number of anilines is 2. The monoisotopic (exact) mass is 424 g/mol. The van der Waals surface area contributed by atoms with Crippen LogP contribution in [0.4, 0.5) is 11.5 Å². The summed E-state index contributed by atoms with van der Waals surface area (Å²) < 4.78 is 0. The standard InChI is InChI=1S/C23H32N6O2/c1-16(2)25-9-4-7-22(30)29-11-5-6-19(15-29)28-20-12-18(14-27-23(20)31)17-8-10-26-21(13-17)24-3/h4,7-8,10,12-14,16,19,25,28H,5-6,9,11,15H2,1-3H3,(H,24,26)(H,27,31)/t19-/m0/s1. The lowest BCUT2D eigenvalue weighted by molar-refractivity contribution is -0.127. The van der Waals surface area contributed by atoms with E-state index < -0.39 is 0 Å². The fourth-order valence-corrected chi connectivity index (χ4v) is 3.59. The van der Waals surface area contributed by atoms with E-state index in [9.17, 15) is 9.59 Å². The minimum atomic E-state index is -0.172. The van der Waals surface area contributed by atoms with E-state index in [4.69, 9.17) is 0 Å². The van der Waals surface area contributed by atoms with Crippen molar-refractivity contribution in [2.75, 3.05) is 37.3 Å². The van der Waals surface area contributed by atoms with Gasteiger partial charge < -0.3 is 25.8 Å². The molecule has 1 fully saturated rings. The van der Waals surface area contributed by atoms with Crippen LogP contribution in [0.5, 0.6) is 0 Å². The largest absolute Gasteiger partial charge is 0.376 e. The topological polar surface area (TPSA) is 102 Å². The highest BCUT2D eigenvalue weighted by atomic mass is 16.2. The molecule has 1 atom stereocenters. The summed E-state index contributed by atoms with van der Waals surface area (Å²) in [6.45, 7) is 6.12. The molecule has 166 valence electrons. The van der Waals surface area contributed by atoms with Crippen molar-refractivity contribution in [2.24, 2.45) is 0 Å². The molecule has 0 spiro atoms. The third-order valence-electron chi connectivity index (χ3n) is 5.25. The summed E-state index contributed by atoms with van der Waals surface area (Å²) in [6.07, 6.45) is 8.74. The van der Waals surface area contributed by atoms with Crippen LogP contribution in [0.25, 0.3) is 11.1 Å². The molecule has 0 bridgehead atoms. The van der Waals surface area contributed by atoms with Gasteiger partial charge in [-0.15, -0.1) is 0 Å². The first-order chi connectivity index (χ1) is 15.0. The van der Waals surface area contributed by atoms with Crippen molar-refractivity contribution in [3.8, 4) is 11.1 Å². The van der Waals surface area contributed by atoms with Gasteiger partial charge in [0.1, 0.15) is 11.5 Å². The lowest BCUT2D eigenvalue weighted by Gasteiger charge is -2.33. The molecule has 0 aliphatic carbocycles. The van der Waals surface area contributed by atoms with E-state index >= 15 is 0 Å². The second-order valence-electron chi connectivity index (χ2n) is 8.04. The molecule has 0 saturated carbocycles. The molecule has 1 saturated heterocycles. The van der Waals surface area contributed by atoms with Gasteiger partial charge in [-0.2, -0.15) is 0 Å². The van der Waals surface area contributed by atoms with Crippen LogP contribution in [0.1, 0.15) is 26.7 Å². The Morgan fingerprint density at radius 2 is 2.19 bits per heavy atom. The molecular formula is C23H32N6O2. The fraction of sp³-hybridized carbons (Fsp3) is 0.435. The molecule has 1 aliphatic rings. The molecule has 31 heavy (non-hydrogen) atoms. The lowest BCUT2D eigenvalue weighted by atomic mass is 10.0. The van der Waals surface area contributed by atoms with Gasteiger partial charge in [-0.05, 0) is 36.6 Å². The maximum Gasteiger partial charge on any atom is 0.271 e. The van der Waals surface area contributed by atoms with Crippen molar-refractivity contribution in [3.05, 3.63) is 53.1 Å². The first-order valence-corrected chi connectivity index (χ1v) is 10.8. The molecule has 4 N–H and O–H groups in total. The molecular weight excluding hydrogens is 392 g/mol. The number of amides is 1. The number of hydrogen-bond acceptors (Lipinski definition) is 6. The average molecular weight is 425 g/mol. The van der Waals surface area contributed by atoms with Crippen LogP contribution in [0, 0.1) is 0 Å². The van der Waals surface area contributed by atoms with Gasteiger partial charge in [0.2, 0.25) is 5.91 Å². The summed E-state index contributed by atoms with van der Waals surface area (Å²) in [6, 6.07) is 6.10. The van der Waals surface area contributed by atoms with Crippen LogP contribution in [0.3, 0.4) is 0 Å². The highest BCUT2D eigenvalue weighted by Gasteiger charge is 2.23. The normalized spacial score (nSPS) is 16.6. The summed E-state index contributed by atoms with van der Waals surface area (Å²) in [4.78, 5) is 33.8. The number of rotatable bonds is 8. The van der Waals surface area contributed by atoms with Gasteiger partial charge in [0, 0.05) is 62.8 Å². The van der Waals surface area contributed by atoms with Crippen LogP contribution in [0.15, 0.2) is 47.5 Å². The number of pyridine rings is 2. The van der Waals surface area contributed by atoms with Gasteiger partial charge in [-0.3, -0.25) is 9.59 Å². The van der Waals surface area contributed by atoms with Crippen LogP contribution < -0.4 is 21.5 Å². The van der Waals surface area contributed by atoms with E-state index in [1.165, 1.54) is 0 Å². The zero-order valence-electron chi connectivity index (χ0n) is 18.4. The van der Waals surface area contributed by atoms with Crippen molar-refractivity contribution in [3.63, 3.8) is 0 Å². The molecule has 0 radical (unpaired) electrons. The summed E-state index contributed by atoms with van der Waals surface area (Å²) in [5.74, 6) is 0.771.